The Morgan fingerprint density at radius 1 is 1.11 bits per heavy atom. The minimum absolute atomic E-state index is 0.187. The second kappa shape index (κ2) is 7.98. The minimum atomic E-state index is -3.97. The normalized spacial score (nSPS) is 11.5. The van der Waals surface area contributed by atoms with E-state index in [0.29, 0.717) is 28.1 Å². The van der Waals surface area contributed by atoms with Crippen molar-refractivity contribution >= 4 is 38.9 Å². The van der Waals surface area contributed by atoms with Crippen LogP contribution in [0.2, 0.25) is 10.0 Å². The van der Waals surface area contributed by atoms with Crippen LogP contribution < -0.4 is 9.46 Å². The maximum absolute atomic E-state index is 12.7. The lowest BCUT2D eigenvalue weighted by molar-refractivity contribution is 0.477. The molecule has 0 saturated carbocycles. The lowest BCUT2D eigenvalue weighted by Crippen LogP contribution is -2.15. The van der Waals surface area contributed by atoms with Crippen molar-refractivity contribution in [1.29, 1.82) is 0 Å². The molecule has 0 aliphatic heterocycles. The van der Waals surface area contributed by atoms with Crippen LogP contribution in [0.25, 0.3) is 0 Å². The Morgan fingerprint density at radius 2 is 1.79 bits per heavy atom. The molecule has 0 saturated heterocycles. The van der Waals surface area contributed by atoms with Crippen molar-refractivity contribution < 1.29 is 13.2 Å². The summed E-state index contributed by atoms with van der Waals surface area (Å²) in [5.41, 5.74) is 1.83. The van der Waals surface area contributed by atoms with Crippen LogP contribution in [0.15, 0.2) is 41.6 Å². The number of nitrogens with zero attached hydrogens (tertiary/aromatic N) is 3. The summed E-state index contributed by atoms with van der Waals surface area (Å²) in [6, 6.07) is 8.22. The van der Waals surface area contributed by atoms with Crippen molar-refractivity contribution in [2.75, 3.05) is 4.72 Å². The molecule has 0 amide bonds. The Kier molecular flexibility index (Phi) is 5.83. The molecule has 0 bridgehead atoms. The zero-order valence-electron chi connectivity index (χ0n) is 15.4. The number of sulfonamides is 1. The predicted molar refractivity (Wildman–Crippen MR) is 109 cm³/mol. The van der Waals surface area contributed by atoms with Crippen molar-refractivity contribution in [3.05, 3.63) is 57.7 Å². The third kappa shape index (κ3) is 4.40. The molecule has 0 radical (unpaired) electrons. The standard InChI is InChI=1S/C18H18Cl2N4O3S/c1-4-24-21-10-17(22-24)28(25,26)23-15-9-13(19)5-6-16(15)27-18-11(2)7-14(20)8-12(18)3/h5-10,23H,4H2,1-3H3. The molecule has 28 heavy (non-hydrogen) atoms. The van der Waals surface area contributed by atoms with E-state index in [1.165, 1.54) is 17.1 Å². The van der Waals surface area contributed by atoms with Gasteiger partial charge in [0.1, 0.15) is 5.75 Å². The first kappa shape index (κ1) is 20.4. The van der Waals surface area contributed by atoms with Gasteiger partial charge in [0.15, 0.2) is 5.75 Å². The van der Waals surface area contributed by atoms with Crippen molar-refractivity contribution in [3.63, 3.8) is 0 Å². The summed E-state index contributed by atoms with van der Waals surface area (Å²) in [6.45, 7) is 5.98. The number of rotatable bonds is 6. The summed E-state index contributed by atoms with van der Waals surface area (Å²) < 4.78 is 33.8. The zero-order chi connectivity index (χ0) is 20.5. The van der Waals surface area contributed by atoms with Gasteiger partial charge in [-0.15, -0.1) is 5.10 Å². The Labute approximate surface area is 173 Å². The fraction of sp³-hybridized carbons (Fsp3) is 0.222. The zero-order valence-corrected chi connectivity index (χ0v) is 17.7. The van der Waals surface area contributed by atoms with Crippen LogP contribution in [0.4, 0.5) is 5.69 Å². The molecule has 3 rings (SSSR count). The van der Waals surface area contributed by atoms with E-state index >= 15 is 0 Å². The quantitative estimate of drug-likeness (QED) is 0.593. The third-order valence-corrected chi connectivity index (χ3v) is 5.58. The molecule has 1 N–H and O–H groups in total. The molecular formula is C18H18Cl2N4O3S. The van der Waals surface area contributed by atoms with E-state index < -0.39 is 10.0 Å². The number of aromatic nitrogens is 3. The van der Waals surface area contributed by atoms with Gasteiger partial charge in [-0.05, 0) is 62.2 Å². The second-order valence-corrected chi connectivity index (χ2v) is 8.59. The van der Waals surface area contributed by atoms with Crippen molar-refractivity contribution in [3.8, 4) is 11.5 Å². The summed E-state index contributed by atoms with van der Waals surface area (Å²) in [6.07, 6.45) is 1.18. The number of hydrogen-bond acceptors (Lipinski definition) is 5. The van der Waals surface area contributed by atoms with Crippen LogP contribution in [0.3, 0.4) is 0 Å². The number of aryl methyl sites for hydroxylation is 3. The molecule has 7 nitrogen and oxygen atoms in total. The van der Waals surface area contributed by atoms with Crippen LogP contribution in [0.1, 0.15) is 18.1 Å². The molecule has 0 aliphatic rings. The molecule has 10 heteroatoms. The van der Waals surface area contributed by atoms with Gasteiger partial charge >= 0.3 is 0 Å². The number of ether oxygens (including phenoxy) is 1. The molecule has 148 valence electrons. The van der Waals surface area contributed by atoms with E-state index in [1.54, 1.807) is 24.3 Å². The van der Waals surface area contributed by atoms with Crippen molar-refractivity contribution in [1.82, 2.24) is 15.0 Å². The fourth-order valence-electron chi connectivity index (χ4n) is 2.59. The Hall–Kier alpha value is -2.29. The Bertz CT molecular complexity index is 1110. The van der Waals surface area contributed by atoms with E-state index in [9.17, 15) is 8.42 Å². The number of nitrogens with one attached hydrogen (secondary N) is 1. The number of benzene rings is 2. The Morgan fingerprint density at radius 3 is 2.39 bits per heavy atom. The van der Waals surface area contributed by atoms with Crippen LogP contribution in [-0.2, 0) is 16.6 Å². The highest BCUT2D eigenvalue weighted by molar-refractivity contribution is 7.92. The lowest BCUT2D eigenvalue weighted by atomic mass is 10.1. The van der Waals surface area contributed by atoms with Crippen LogP contribution in [0, 0.1) is 13.8 Å². The maximum atomic E-state index is 12.7. The molecule has 0 unspecified atom stereocenters. The molecule has 1 heterocycles. The van der Waals surface area contributed by atoms with E-state index in [2.05, 4.69) is 14.9 Å². The van der Waals surface area contributed by atoms with E-state index in [1.807, 2.05) is 20.8 Å². The third-order valence-electron chi connectivity index (χ3n) is 3.90. The Balaban J connectivity index is 1.98. The summed E-state index contributed by atoms with van der Waals surface area (Å²) in [4.78, 5) is 1.28. The first-order valence-electron chi connectivity index (χ1n) is 8.36. The second-order valence-electron chi connectivity index (χ2n) is 6.09. The molecular weight excluding hydrogens is 423 g/mol. The largest absolute Gasteiger partial charge is 0.455 e. The molecule has 0 fully saturated rings. The average Bonchev–Trinajstić information content (AvgIpc) is 3.09. The van der Waals surface area contributed by atoms with E-state index in [-0.39, 0.29) is 10.7 Å². The monoisotopic (exact) mass is 440 g/mol. The van der Waals surface area contributed by atoms with E-state index in [0.717, 1.165) is 11.1 Å². The SMILES string of the molecule is CCn1ncc(S(=O)(=O)Nc2cc(Cl)ccc2Oc2c(C)cc(Cl)cc2C)n1. The van der Waals surface area contributed by atoms with Gasteiger partial charge in [0.05, 0.1) is 18.4 Å². The van der Waals surface area contributed by atoms with E-state index in [4.69, 9.17) is 27.9 Å². The van der Waals surface area contributed by atoms with Gasteiger partial charge < -0.3 is 4.74 Å². The van der Waals surface area contributed by atoms with Crippen LogP contribution >= 0.6 is 23.2 Å². The number of anilines is 1. The smallest absolute Gasteiger partial charge is 0.283 e. The van der Waals surface area contributed by atoms with Crippen molar-refractivity contribution in [2.45, 2.75) is 32.3 Å². The molecule has 0 spiro atoms. The summed E-state index contributed by atoms with van der Waals surface area (Å²) in [7, 11) is -3.97. The topological polar surface area (TPSA) is 86.1 Å². The molecule has 1 aromatic heterocycles. The van der Waals surface area contributed by atoms with Crippen LogP contribution in [0.5, 0.6) is 11.5 Å². The van der Waals surface area contributed by atoms with Gasteiger partial charge in [-0.1, -0.05) is 23.2 Å². The lowest BCUT2D eigenvalue weighted by Gasteiger charge is -2.16. The molecule has 0 aliphatic carbocycles. The summed E-state index contributed by atoms with van der Waals surface area (Å²) >= 11 is 12.1. The number of halogens is 2. The summed E-state index contributed by atoms with van der Waals surface area (Å²) in [5, 5.41) is 8.59. The predicted octanol–water partition coefficient (Wildman–Crippen LogP) is 4.81. The molecule has 3 aromatic rings. The van der Waals surface area contributed by atoms with Gasteiger partial charge in [-0.2, -0.15) is 18.3 Å². The summed E-state index contributed by atoms with van der Waals surface area (Å²) in [5.74, 6) is 0.883. The van der Waals surface area contributed by atoms with Gasteiger partial charge in [0.25, 0.3) is 10.0 Å². The maximum Gasteiger partial charge on any atom is 0.283 e. The number of hydrogen-bond donors (Lipinski definition) is 1. The highest BCUT2D eigenvalue weighted by Crippen LogP contribution is 2.37. The first-order valence-corrected chi connectivity index (χ1v) is 10.6. The first-order chi connectivity index (χ1) is 13.2. The highest BCUT2D eigenvalue weighted by Gasteiger charge is 2.21. The minimum Gasteiger partial charge on any atom is -0.455 e. The van der Waals surface area contributed by atoms with Gasteiger partial charge in [0, 0.05) is 10.0 Å². The fourth-order valence-corrected chi connectivity index (χ4v) is 4.03. The average molecular weight is 441 g/mol. The van der Waals surface area contributed by atoms with Crippen molar-refractivity contribution in [2.24, 2.45) is 0 Å². The highest BCUT2D eigenvalue weighted by atomic mass is 35.5. The molecule has 2 aromatic carbocycles. The van der Waals surface area contributed by atoms with Gasteiger partial charge in [-0.3, -0.25) is 4.72 Å². The van der Waals surface area contributed by atoms with Gasteiger partial charge in [-0.25, -0.2) is 0 Å². The molecule has 0 atom stereocenters. The van der Waals surface area contributed by atoms with Crippen LogP contribution in [-0.4, -0.2) is 23.4 Å². The van der Waals surface area contributed by atoms with Gasteiger partial charge in [0.2, 0.25) is 5.03 Å².